The molecular weight excluding hydrogens is 310 g/mol. The van der Waals surface area contributed by atoms with Gasteiger partial charge in [-0.25, -0.2) is 0 Å². The molecule has 5 heteroatoms. The van der Waals surface area contributed by atoms with E-state index >= 15 is 0 Å². The van der Waals surface area contributed by atoms with E-state index in [9.17, 15) is 4.79 Å². The van der Waals surface area contributed by atoms with Gasteiger partial charge in [0.05, 0.1) is 6.42 Å². The molecule has 4 nitrogen and oxygen atoms in total. The van der Waals surface area contributed by atoms with Crippen LogP contribution >= 0.6 is 15.9 Å². The fraction of sp³-hybridized carbons (Fsp3) is 0.143. The first kappa shape index (κ1) is 13.5. The van der Waals surface area contributed by atoms with Crippen LogP contribution < -0.4 is 4.74 Å². The van der Waals surface area contributed by atoms with Crippen LogP contribution in [0, 0.1) is 0 Å². The summed E-state index contributed by atoms with van der Waals surface area (Å²) in [6.07, 6.45) is 3.36. The molecule has 2 aromatic rings. The van der Waals surface area contributed by atoms with Crippen molar-refractivity contribution in [3.8, 4) is 5.75 Å². The molecule has 1 aromatic heterocycles. The number of rotatable bonds is 5. The monoisotopic (exact) mass is 321 g/mol. The Morgan fingerprint density at radius 3 is 2.84 bits per heavy atom. The molecular formula is C14H12BrNO3. The third-order valence-corrected chi connectivity index (χ3v) is 2.90. The van der Waals surface area contributed by atoms with Crippen LogP contribution in [-0.4, -0.2) is 16.1 Å². The number of carboxylic acid groups (broad SMARTS) is 1. The van der Waals surface area contributed by atoms with Crippen LogP contribution in [-0.2, 0) is 17.8 Å². The minimum Gasteiger partial charge on any atom is -0.489 e. The number of ether oxygens (including phenoxy) is 1. The number of carboxylic acids is 1. The fourth-order valence-corrected chi connectivity index (χ4v) is 2.06. The SMILES string of the molecule is O=C(O)Cc1ccccc1OCc1cncc(Br)c1. The van der Waals surface area contributed by atoms with E-state index in [0.717, 1.165) is 10.0 Å². The lowest BCUT2D eigenvalue weighted by Gasteiger charge is -2.10. The predicted octanol–water partition coefficient (Wildman–Crippen LogP) is 3.05. The van der Waals surface area contributed by atoms with Gasteiger partial charge >= 0.3 is 5.97 Å². The number of hydrogen-bond donors (Lipinski definition) is 1. The summed E-state index contributed by atoms with van der Waals surface area (Å²) in [5.74, 6) is -0.287. The van der Waals surface area contributed by atoms with E-state index < -0.39 is 5.97 Å². The van der Waals surface area contributed by atoms with Crippen LogP contribution in [0.3, 0.4) is 0 Å². The third-order valence-electron chi connectivity index (χ3n) is 2.47. The normalized spacial score (nSPS) is 10.2. The Morgan fingerprint density at radius 2 is 2.11 bits per heavy atom. The minimum absolute atomic E-state index is 0.0487. The molecule has 0 saturated carbocycles. The summed E-state index contributed by atoms with van der Waals surface area (Å²) in [7, 11) is 0. The van der Waals surface area contributed by atoms with Crippen LogP contribution in [0.4, 0.5) is 0 Å². The van der Waals surface area contributed by atoms with E-state index in [1.807, 2.05) is 12.1 Å². The summed E-state index contributed by atoms with van der Waals surface area (Å²) in [6.45, 7) is 0.350. The van der Waals surface area contributed by atoms with E-state index in [1.54, 1.807) is 30.6 Å². The molecule has 0 saturated heterocycles. The maximum absolute atomic E-state index is 10.8. The van der Waals surface area contributed by atoms with Gasteiger partial charge in [-0.3, -0.25) is 9.78 Å². The van der Waals surface area contributed by atoms with Crippen molar-refractivity contribution < 1.29 is 14.6 Å². The molecule has 1 heterocycles. The van der Waals surface area contributed by atoms with Crippen LogP contribution in [0.25, 0.3) is 0 Å². The van der Waals surface area contributed by atoms with Gasteiger partial charge in [-0.05, 0) is 28.1 Å². The number of carbonyl (C=O) groups is 1. The molecule has 0 unspecified atom stereocenters. The first-order valence-corrected chi connectivity index (χ1v) is 6.46. The molecule has 98 valence electrons. The van der Waals surface area contributed by atoms with Crippen molar-refractivity contribution >= 4 is 21.9 Å². The maximum Gasteiger partial charge on any atom is 0.307 e. The number of para-hydroxylation sites is 1. The van der Waals surface area contributed by atoms with E-state index in [0.29, 0.717) is 17.9 Å². The Hall–Kier alpha value is -1.88. The Balaban J connectivity index is 2.09. The molecule has 0 amide bonds. The summed E-state index contributed by atoms with van der Waals surface area (Å²) >= 11 is 3.34. The molecule has 0 bridgehead atoms. The van der Waals surface area contributed by atoms with Crippen molar-refractivity contribution in [2.75, 3.05) is 0 Å². The lowest BCUT2D eigenvalue weighted by atomic mass is 10.1. The largest absolute Gasteiger partial charge is 0.489 e. The summed E-state index contributed by atoms with van der Waals surface area (Å²) < 4.78 is 6.54. The molecule has 0 aliphatic rings. The molecule has 0 spiro atoms. The fourth-order valence-electron chi connectivity index (χ4n) is 1.65. The highest BCUT2D eigenvalue weighted by Crippen LogP contribution is 2.20. The molecule has 1 aromatic carbocycles. The van der Waals surface area contributed by atoms with Gasteiger partial charge in [0.1, 0.15) is 12.4 Å². The molecule has 19 heavy (non-hydrogen) atoms. The van der Waals surface area contributed by atoms with Crippen LogP contribution in [0.15, 0.2) is 47.2 Å². The van der Waals surface area contributed by atoms with Crippen LogP contribution in [0.2, 0.25) is 0 Å². The standard InChI is InChI=1S/C14H12BrNO3/c15-12-5-10(7-16-8-12)9-19-13-4-2-1-3-11(13)6-14(17)18/h1-5,7-8H,6,9H2,(H,17,18). The highest BCUT2D eigenvalue weighted by molar-refractivity contribution is 9.10. The number of aromatic nitrogens is 1. The van der Waals surface area contributed by atoms with Gasteiger partial charge in [0, 0.05) is 28.0 Å². The molecule has 0 fully saturated rings. The third kappa shape index (κ3) is 4.06. The second kappa shape index (κ2) is 6.33. The number of pyridine rings is 1. The van der Waals surface area contributed by atoms with Crippen molar-refractivity contribution in [1.29, 1.82) is 0 Å². The molecule has 0 radical (unpaired) electrons. The van der Waals surface area contributed by atoms with Crippen molar-refractivity contribution in [3.05, 3.63) is 58.3 Å². The Morgan fingerprint density at radius 1 is 1.32 bits per heavy atom. The zero-order chi connectivity index (χ0) is 13.7. The Bertz CT molecular complexity index is 586. The molecule has 0 aliphatic heterocycles. The first-order valence-electron chi connectivity index (χ1n) is 5.67. The van der Waals surface area contributed by atoms with Gasteiger partial charge in [-0.2, -0.15) is 0 Å². The van der Waals surface area contributed by atoms with Crippen LogP contribution in [0.5, 0.6) is 5.75 Å². The highest BCUT2D eigenvalue weighted by atomic mass is 79.9. The summed E-state index contributed by atoms with van der Waals surface area (Å²) in [6, 6.07) is 9.05. The smallest absolute Gasteiger partial charge is 0.307 e. The molecule has 0 atom stereocenters. The summed E-state index contributed by atoms with van der Waals surface area (Å²) in [5, 5.41) is 8.84. The zero-order valence-electron chi connectivity index (χ0n) is 10.0. The number of hydrogen-bond acceptors (Lipinski definition) is 3. The van der Waals surface area contributed by atoms with E-state index in [2.05, 4.69) is 20.9 Å². The van der Waals surface area contributed by atoms with E-state index in [4.69, 9.17) is 9.84 Å². The van der Waals surface area contributed by atoms with Crippen molar-refractivity contribution in [3.63, 3.8) is 0 Å². The predicted molar refractivity (Wildman–Crippen MR) is 74.1 cm³/mol. The molecule has 1 N–H and O–H groups in total. The Kier molecular flexibility index (Phi) is 4.52. The van der Waals surface area contributed by atoms with Crippen molar-refractivity contribution in [1.82, 2.24) is 4.98 Å². The lowest BCUT2D eigenvalue weighted by molar-refractivity contribution is -0.136. The van der Waals surface area contributed by atoms with E-state index in [-0.39, 0.29) is 6.42 Å². The first-order chi connectivity index (χ1) is 9.15. The lowest BCUT2D eigenvalue weighted by Crippen LogP contribution is -2.04. The maximum atomic E-state index is 10.8. The minimum atomic E-state index is -0.875. The van der Waals surface area contributed by atoms with Gasteiger partial charge in [0.25, 0.3) is 0 Å². The summed E-state index contributed by atoms with van der Waals surface area (Å²) in [5.41, 5.74) is 1.58. The van der Waals surface area contributed by atoms with Crippen molar-refractivity contribution in [2.24, 2.45) is 0 Å². The number of halogens is 1. The Labute approximate surface area is 119 Å². The number of aliphatic carboxylic acids is 1. The van der Waals surface area contributed by atoms with Gasteiger partial charge in [0.15, 0.2) is 0 Å². The van der Waals surface area contributed by atoms with Crippen LogP contribution in [0.1, 0.15) is 11.1 Å². The molecule has 0 aliphatic carbocycles. The van der Waals surface area contributed by atoms with Gasteiger partial charge in [-0.1, -0.05) is 18.2 Å². The average molecular weight is 322 g/mol. The topological polar surface area (TPSA) is 59.4 Å². The second-order valence-corrected chi connectivity index (χ2v) is 4.89. The number of benzene rings is 1. The van der Waals surface area contributed by atoms with Crippen molar-refractivity contribution in [2.45, 2.75) is 13.0 Å². The summed E-state index contributed by atoms with van der Waals surface area (Å²) in [4.78, 5) is 14.8. The quantitative estimate of drug-likeness (QED) is 0.919. The average Bonchev–Trinajstić information content (AvgIpc) is 2.37. The zero-order valence-corrected chi connectivity index (χ0v) is 11.6. The molecule has 2 rings (SSSR count). The highest BCUT2D eigenvalue weighted by Gasteiger charge is 2.07. The second-order valence-electron chi connectivity index (χ2n) is 3.98. The number of nitrogens with zero attached hydrogens (tertiary/aromatic N) is 1. The van der Waals surface area contributed by atoms with Gasteiger partial charge in [0.2, 0.25) is 0 Å². The van der Waals surface area contributed by atoms with Gasteiger partial charge < -0.3 is 9.84 Å². The van der Waals surface area contributed by atoms with E-state index in [1.165, 1.54) is 0 Å². The van der Waals surface area contributed by atoms with Gasteiger partial charge in [-0.15, -0.1) is 0 Å².